The second-order valence-corrected chi connectivity index (χ2v) is 4.06. The molecule has 2 heterocycles. The molecule has 3 rings (SSSR count). The lowest BCUT2D eigenvalue weighted by molar-refractivity contribution is 0.865. The number of aryl methyl sites for hydroxylation is 1. The van der Waals surface area contributed by atoms with E-state index in [4.69, 9.17) is 5.73 Å². The first-order chi connectivity index (χ1) is 8.65. The zero-order chi connectivity index (χ0) is 12.7. The van der Waals surface area contributed by atoms with Crippen molar-refractivity contribution >= 4 is 16.6 Å². The van der Waals surface area contributed by atoms with Gasteiger partial charge in [0.15, 0.2) is 0 Å². The molecule has 0 amide bonds. The van der Waals surface area contributed by atoms with Crippen molar-refractivity contribution in [1.29, 1.82) is 0 Å². The number of nitrogens with one attached hydrogen (secondary N) is 1. The smallest absolute Gasteiger partial charge is 0.258 e. The SMILES string of the molecule is Cc1ccn(-c2cc3nc[nH]c(=O)c3cc2N)n1. The molecule has 0 radical (unpaired) electrons. The predicted octanol–water partition coefficient (Wildman–Crippen LogP) is 0.999. The molecule has 0 unspecified atom stereocenters. The average Bonchev–Trinajstić information content (AvgIpc) is 2.76. The molecule has 18 heavy (non-hydrogen) atoms. The molecular weight excluding hydrogens is 230 g/mol. The summed E-state index contributed by atoms with van der Waals surface area (Å²) in [5, 5.41) is 4.77. The minimum atomic E-state index is -0.199. The van der Waals surface area contributed by atoms with Crippen LogP contribution in [0.15, 0.2) is 35.5 Å². The van der Waals surface area contributed by atoms with E-state index in [9.17, 15) is 4.79 Å². The highest BCUT2D eigenvalue weighted by Gasteiger charge is 2.08. The van der Waals surface area contributed by atoms with E-state index in [1.54, 1.807) is 16.8 Å². The van der Waals surface area contributed by atoms with Gasteiger partial charge in [0.05, 0.1) is 34.3 Å². The molecule has 6 heteroatoms. The number of aromatic amines is 1. The first kappa shape index (κ1) is 10.5. The van der Waals surface area contributed by atoms with E-state index in [2.05, 4.69) is 15.1 Å². The van der Waals surface area contributed by atoms with Crippen molar-refractivity contribution in [3.63, 3.8) is 0 Å². The van der Waals surface area contributed by atoms with Crippen LogP contribution in [0.3, 0.4) is 0 Å². The van der Waals surface area contributed by atoms with Crippen LogP contribution in [0.25, 0.3) is 16.6 Å². The van der Waals surface area contributed by atoms with Crippen molar-refractivity contribution < 1.29 is 0 Å². The number of hydrogen-bond acceptors (Lipinski definition) is 4. The van der Waals surface area contributed by atoms with Crippen LogP contribution in [0.1, 0.15) is 5.69 Å². The number of aromatic nitrogens is 4. The number of nitrogens with two attached hydrogens (primary N) is 1. The van der Waals surface area contributed by atoms with Crippen LogP contribution in [0.5, 0.6) is 0 Å². The highest BCUT2D eigenvalue weighted by molar-refractivity contribution is 5.85. The van der Waals surface area contributed by atoms with E-state index < -0.39 is 0 Å². The summed E-state index contributed by atoms with van der Waals surface area (Å²) in [6.07, 6.45) is 3.19. The number of nitrogens with zero attached hydrogens (tertiary/aromatic N) is 3. The average molecular weight is 241 g/mol. The molecule has 1 aromatic carbocycles. The third kappa shape index (κ3) is 1.55. The van der Waals surface area contributed by atoms with Gasteiger partial charge < -0.3 is 10.7 Å². The third-order valence-corrected chi connectivity index (χ3v) is 2.76. The van der Waals surface area contributed by atoms with Crippen LogP contribution >= 0.6 is 0 Å². The molecule has 3 N–H and O–H groups in total. The first-order valence-electron chi connectivity index (χ1n) is 5.45. The molecule has 0 spiro atoms. The summed E-state index contributed by atoms with van der Waals surface area (Å²) in [6, 6.07) is 5.26. The van der Waals surface area contributed by atoms with E-state index in [1.165, 1.54) is 6.33 Å². The van der Waals surface area contributed by atoms with Crippen LogP contribution in [0.2, 0.25) is 0 Å². The van der Waals surface area contributed by atoms with Gasteiger partial charge in [-0.2, -0.15) is 5.10 Å². The quantitative estimate of drug-likeness (QED) is 0.622. The van der Waals surface area contributed by atoms with Gasteiger partial charge in [0.2, 0.25) is 0 Å². The summed E-state index contributed by atoms with van der Waals surface area (Å²) in [7, 11) is 0. The van der Waals surface area contributed by atoms with E-state index >= 15 is 0 Å². The van der Waals surface area contributed by atoms with Crippen LogP contribution in [0.4, 0.5) is 5.69 Å². The van der Waals surface area contributed by atoms with Crippen molar-refractivity contribution in [2.45, 2.75) is 6.92 Å². The Kier molecular flexibility index (Phi) is 2.16. The van der Waals surface area contributed by atoms with Crippen molar-refractivity contribution in [3.8, 4) is 5.69 Å². The molecule has 0 saturated carbocycles. The maximum atomic E-state index is 11.6. The fourth-order valence-corrected chi connectivity index (χ4v) is 1.87. The Bertz CT molecular complexity index is 787. The van der Waals surface area contributed by atoms with Gasteiger partial charge in [0.25, 0.3) is 5.56 Å². The molecular formula is C12H11N5O. The van der Waals surface area contributed by atoms with Gasteiger partial charge in [-0.25, -0.2) is 9.67 Å². The van der Waals surface area contributed by atoms with E-state index in [0.717, 1.165) is 5.69 Å². The van der Waals surface area contributed by atoms with E-state index in [1.807, 2.05) is 19.2 Å². The largest absolute Gasteiger partial charge is 0.397 e. The zero-order valence-electron chi connectivity index (χ0n) is 9.71. The van der Waals surface area contributed by atoms with Crippen LogP contribution in [-0.2, 0) is 0 Å². The van der Waals surface area contributed by atoms with E-state index in [-0.39, 0.29) is 5.56 Å². The van der Waals surface area contributed by atoms with Gasteiger partial charge in [0.1, 0.15) is 0 Å². The molecule has 0 aliphatic rings. The fraction of sp³-hybridized carbons (Fsp3) is 0.0833. The molecule has 0 aliphatic carbocycles. The molecule has 90 valence electrons. The summed E-state index contributed by atoms with van der Waals surface area (Å²) in [5.74, 6) is 0. The minimum Gasteiger partial charge on any atom is -0.397 e. The molecule has 0 fully saturated rings. The van der Waals surface area contributed by atoms with Crippen LogP contribution < -0.4 is 11.3 Å². The second kappa shape index (κ2) is 3.69. The van der Waals surface area contributed by atoms with Gasteiger partial charge in [0, 0.05) is 6.20 Å². The van der Waals surface area contributed by atoms with Gasteiger partial charge in [-0.1, -0.05) is 0 Å². The van der Waals surface area contributed by atoms with Crippen molar-refractivity contribution in [2.24, 2.45) is 0 Å². The van der Waals surface area contributed by atoms with E-state index in [0.29, 0.717) is 22.3 Å². The number of fused-ring (bicyclic) bond motifs is 1. The number of benzene rings is 1. The van der Waals surface area contributed by atoms with Gasteiger partial charge in [-0.15, -0.1) is 0 Å². The normalized spacial score (nSPS) is 10.9. The van der Waals surface area contributed by atoms with Crippen molar-refractivity contribution in [3.05, 3.63) is 46.8 Å². The Labute approximate surface area is 102 Å². The zero-order valence-corrected chi connectivity index (χ0v) is 9.71. The maximum absolute atomic E-state index is 11.6. The van der Waals surface area contributed by atoms with Gasteiger partial charge in [-0.3, -0.25) is 4.79 Å². The van der Waals surface area contributed by atoms with Crippen molar-refractivity contribution in [1.82, 2.24) is 19.7 Å². The number of H-pyrrole nitrogens is 1. The Hall–Kier alpha value is -2.63. The lowest BCUT2D eigenvalue weighted by Crippen LogP contribution is -2.08. The van der Waals surface area contributed by atoms with Crippen LogP contribution in [0, 0.1) is 6.92 Å². The molecule has 3 aromatic rings. The summed E-state index contributed by atoms with van der Waals surface area (Å²) in [6.45, 7) is 1.90. The maximum Gasteiger partial charge on any atom is 0.258 e. The molecule has 0 bridgehead atoms. The summed E-state index contributed by atoms with van der Waals surface area (Å²) in [4.78, 5) is 18.3. The highest BCUT2D eigenvalue weighted by atomic mass is 16.1. The number of anilines is 1. The Morgan fingerprint density at radius 1 is 1.39 bits per heavy atom. The van der Waals surface area contributed by atoms with Gasteiger partial charge in [-0.05, 0) is 25.1 Å². The van der Waals surface area contributed by atoms with Gasteiger partial charge >= 0.3 is 0 Å². The number of rotatable bonds is 1. The Balaban J connectivity index is 2.32. The fourth-order valence-electron chi connectivity index (χ4n) is 1.87. The molecule has 2 aromatic heterocycles. The molecule has 0 atom stereocenters. The number of nitrogen functional groups attached to an aromatic ring is 1. The Morgan fingerprint density at radius 3 is 2.94 bits per heavy atom. The third-order valence-electron chi connectivity index (χ3n) is 2.76. The second-order valence-electron chi connectivity index (χ2n) is 4.06. The minimum absolute atomic E-state index is 0.199. The Morgan fingerprint density at radius 2 is 2.22 bits per heavy atom. The molecule has 0 saturated heterocycles. The summed E-state index contributed by atoms with van der Waals surface area (Å²) in [5.41, 5.74) is 8.45. The lowest BCUT2D eigenvalue weighted by atomic mass is 10.2. The molecule has 0 aliphatic heterocycles. The van der Waals surface area contributed by atoms with Crippen LogP contribution in [-0.4, -0.2) is 19.7 Å². The monoisotopic (exact) mass is 241 g/mol. The summed E-state index contributed by atoms with van der Waals surface area (Å²) < 4.78 is 1.67. The predicted molar refractivity (Wildman–Crippen MR) is 68.6 cm³/mol. The molecule has 6 nitrogen and oxygen atoms in total. The topological polar surface area (TPSA) is 89.6 Å². The lowest BCUT2D eigenvalue weighted by Gasteiger charge is -2.06. The van der Waals surface area contributed by atoms with Crippen molar-refractivity contribution in [2.75, 3.05) is 5.73 Å². The first-order valence-corrected chi connectivity index (χ1v) is 5.45. The summed E-state index contributed by atoms with van der Waals surface area (Å²) >= 11 is 0. The standard InChI is InChI=1S/C12H11N5O/c1-7-2-3-17(16-7)11-5-10-8(4-9(11)13)12(18)15-6-14-10/h2-6H,13H2,1H3,(H,14,15,18). The number of hydrogen-bond donors (Lipinski definition) is 2. The highest BCUT2D eigenvalue weighted by Crippen LogP contribution is 2.21.